The monoisotopic (exact) mass is 221 g/mol. The standard InChI is InChI=1S/C11H15N3O2/c12-9-3-1-2-8(11(13)16)10(9)14-5-4-7(15)6-14/h1-3,7,15H,4-6,12H2,(H2,13,16). The molecule has 1 aromatic carbocycles. The van der Waals surface area contributed by atoms with Crippen molar-refractivity contribution in [2.75, 3.05) is 23.7 Å². The predicted molar refractivity (Wildman–Crippen MR) is 62.2 cm³/mol. The molecule has 16 heavy (non-hydrogen) atoms. The second-order valence-electron chi connectivity index (χ2n) is 4.00. The zero-order chi connectivity index (χ0) is 11.7. The van der Waals surface area contributed by atoms with Crippen LogP contribution in [0.4, 0.5) is 11.4 Å². The molecule has 1 saturated heterocycles. The minimum absolute atomic E-state index is 0.361. The van der Waals surface area contributed by atoms with Crippen molar-refractivity contribution in [1.82, 2.24) is 0 Å². The molecular weight excluding hydrogens is 206 g/mol. The molecule has 0 bridgehead atoms. The molecule has 1 heterocycles. The first-order chi connectivity index (χ1) is 7.59. The summed E-state index contributed by atoms with van der Waals surface area (Å²) in [4.78, 5) is 13.2. The van der Waals surface area contributed by atoms with Gasteiger partial charge in [0, 0.05) is 13.1 Å². The number of amides is 1. The maximum absolute atomic E-state index is 11.3. The molecule has 2 rings (SSSR count). The molecule has 0 saturated carbocycles. The number of hydrogen-bond acceptors (Lipinski definition) is 4. The molecule has 1 fully saturated rings. The number of benzene rings is 1. The van der Waals surface area contributed by atoms with E-state index in [2.05, 4.69) is 0 Å². The van der Waals surface area contributed by atoms with Gasteiger partial charge in [-0.1, -0.05) is 6.07 Å². The van der Waals surface area contributed by atoms with Crippen LogP contribution in [0.2, 0.25) is 0 Å². The lowest BCUT2D eigenvalue weighted by atomic mass is 10.1. The van der Waals surface area contributed by atoms with Crippen LogP contribution in [0.25, 0.3) is 0 Å². The molecule has 0 spiro atoms. The van der Waals surface area contributed by atoms with Crippen molar-refractivity contribution in [1.29, 1.82) is 0 Å². The normalized spacial score (nSPS) is 20.1. The average Bonchev–Trinajstić information content (AvgIpc) is 2.64. The van der Waals surface area contributed by atoms with Crippen molar-refractivity contribution in [3.8, 4) is 0 Å². The number of carbonyl (C=O) groups is 1. The molecule has 0 radical (unpaired) electrons. The van der Waals surface area contributed by atoms with E-state index in [1.54, 1.807) is 18.2 Å². The zero-order valence-electron chi connectivity index (χ0n) is 8.89. The summed E-state index contributed by atoms with van der Waals surface area (Å²) in [5, 5.41) is 9.48. The van der Waals surface area contributed by atoms with E-state index < -0.39 is 5.91 Å². The van der Waals surface area contributed by atoms with Crippen LogP contribution in [-0.4, -0.2) is 30.2 Å². The maximum Gasteiger partial charge on any atom is 0.250 e. The largest absolute Gasteiger partial charge is 0.397 e. The number of anilines is 2. The third-order valence-corrected chi connectivity index (χ3v) is 2.81. The van der Waals surface area contributed by atoms with Crippen molar-refractivity contribution < 1.29 is 9.90 Å². The lowest BCUT2D eigenvalue weighted by Crippen LogP contribution is -2.26. The molecule has 0 aromatic heterocycles. The van der Waals surface area contributed by atoms with Crippen molar-refractivity contribution in [2.45, 2.75) is 12.5 Å². The third kappa shape index (κ3) is 1.81. The quantitative estimate of drug-likeness (QED) is 0.610. The number of β-amino-alcohol motifs (C(OH)–C–C–N with tert-alkyl or cyclic N) is 1. The predicted octanol–water partition coefficient (Wildman–Crippen LogP) is -0.0613. The van der Waals surface area contributed by atoms with Gasteiger partial charge in [-0.25, -0.2) is 0 Å². The molecule has 1 aromatic rings. The third-order valence-electron chi connectivity index (χ3n) is 2.81. The Labute approximate surface area is 93.6 Å². The first-order valence-corrected chi connectivity index (χ1v) is 5.21. The Morgan fingerprint density at radius 1 is 1.50 bits per heavy atom. The number of nitrogen functional groups attached to an aromatic ring is 1. The van der Waals surface area contributed by atoms with E-state index >= 15 is 0 Å². The number of primary amides is 1. The van der Waals surface area contributed by atoms with Crippen LogP contribution < -0.4 is 16.4 Å². The molecule has 1 aliphatic rings. The van der Waals surface area contributed by atoms with Crippen molar-refractivity contribution >= 4 is 17.3 Å². The van der Waals surface area contributed by atoms with E-state index in [1.165, 1.54) is 0 Å². The van der Waals surface area contributed by atoms with E-state index in [-0.39, 0.29) is 6.10 Å². The van der Waals surface area contributed by atoms with Crippen LogP contribution in [0.15, 0.2) is 18.2 Å². The van der Waals surface area contributed by atoms with Gasteiger partial charge in [0.2, 0.25) is 0 Å². The second-order valence-corrected chi connectivity index (χ2v) is 4.00. The Balaban J connectivity index is 2.42. The Morgan fingerprint density at radius 3 is 2.81 bits per heavy atom. The van der Waals surface area contributed by atoms with E-state index in [9.17, 15) is 9.90 Å². The molecule has 1 aliphatic heterocycles. The van der Waals surface area contributed by atoms with Gasteiger partial charge in [0.05, 0.1) is 23.0 Å². The number of nitrogens with zero attached hydrogens (tertiary/aromatic N) is 1. The van der Waals surface area contributed by atoms with Crippen molar-refractivity contribution in [2.24, 2.45) is 5.73 Å². The Bertz CT molecular complexity index is 420. The number of aliphatic hydroxyl groups excluding tert-OH is 1. The molecule has 1 amide bonds. The molecule has 5 nitrogen and oxygen atoms in total. The first-order valence-electron chi connectivity index (χ1n) is 5.21. The molecular formula is C11H15N3O2. The molecule has 0 aliphatic carbocycles. The topological polar surface area (TPSA) is 92.6 Å². The highest BCUT2D eigenvalue weighted by Crippen LogP contribution is 2.30. The van der Waals surface area contributed by atoms with Gasteiger partial charge in [-0.15, -0.1) is 0 Å². The van der Waals surface area contributed by atoms with Crippen molar-refractivity contribution in [3.63, 3.8) is 0 Å². The molecule has 1 unspecified atom stereocenters. The summed E-state index contributed by atoms with van der Waals surface area (Å²) in [6.45, 7) is 1.18. The Kier molecular flexibility index (Phi) is 2.70. The molecule has 1 atom stereocenters. The highest BCUT2D eigenvalue weighted by molar-refractivity contribution is 6.01. The van der Waals surface area contributed by atoms with Gasteiger partial charge in [-0.2, -0.15) is 0 Å². The van der Waals surface area contributed by atoms with E-state index in [1.807, 2.05) is 4.90 Å². The lowest BCUT2D eigenvalue weighted by Gasteiger charge is -2.22. The fourth-order valence-electron chi connectivity index (χ4n) is 2.06. The van der Waals surface area contributed by atoms with Gasteiger partial charge in [-0.05, 0) is 18.6 Å². The lowest BCUT2D eigenvalue weighted by molar-refractivity contribution is 0.100. The number of rotatable bonds is 2. The number of para-hydroxylation sites is 1. The Morgan fingerprint density at radius 2 is 2.25 bits per heavy atom. The summed E-state index contributed by atoms with van der Waals surface area (Å²) in [6, 6.07) is 5.08. The van der Waals surface area contributed by atoms with Gasteiger partial charge >= 0.3 is 0 Å². The molecule has 5 heteroatoms. The number of carbonyl (C=O) groups excluding carboxylic acids is 1. The van der Waals surface area contributed by atoms with Gasteiger partial charge < -0.3 is 21.5 Å². The summed E-state index contributed by atoms with van der Waals surface area (Å²) in [6.07, 6.45) is 0.326. The van der Waals surface area contributed by atoms with E-state index in [0.717, 1.165) is 0 Å². The van der Waals surface area contributed by atoms with Crippen LogP contribution in [0.1, 0.15) is 16.8 Å². The Hall–Kier alpha value is -1.75. The highest BCUT2D eigenvalue weighted by Gasteiger charge is 2.25. The highest BCUT2D eigenvalue weighted by atomic mass is 16.3. The van der Waals surface area contributed by atoms with E-state index in [4.69, 9.17) is 11.5 Å². The van der Waals surface area contributed by atoms with Gasteiger partial charge in [0.25, 0.3) is 5.91 Å². The summed E-state index contributed by atoms with van der Waals surface area (Å²) >= 11 is 0. The van der Waals surface area contributed by atoms with Crippen LogP contribution in [0.3, 0.4) is 0 Å². The minimum atomic E-state index is -0.497. The SMILES string of the molecule is NC(=O)c1cccc(N)c1N1CCC(O)C1. The summed E-state index contributed by atoms with van der Waals surface area (Å²) < 4.78 is 0. The first kappa shape index (κ1) is 10.8. The fourth-order valence-corrected chi connectivity index (χ4v) is 2.06. The number of hydrogen-bond donors (Lipinski definition) is 3. The number of aliphatic hydroxyl groups is 1. The van der Waals surface area contributed by atoms with Gasteiger partial charge in [0.1, 0.15) is 0 Å². The average molecular weight is 221 g/mol. The van der Waals surface area contributed by atoms with Crippen LogP contribution in [-0.2, 0) is 0 Å². The summed E-state index contributed by atoms with van der Waals surface area (Å²) in [5.41, 5.74) is 12.7. The van der Waals surface area contributed by atoms with Crippen molar-refractivity contribution in [3.05, 3.63) is 23.8 Å². The molecule has 5 N–H and O–H groups in total. The van der Waals surface area contributed by atoms with E-state index in [0.29, 0.717) is 36.4 Å². The number of nitrogens with two attached hydrogens (primary N) is 2. The second kappa shape index (κ2) is 4.02. The van der Waals surface area contributed by atoms with Crippen LogP contribution in [0.5, 0.6) is 0 Å². The van der Waals surface area contributed by atoms with Gasteiger partial charge in [-0.3, -0.25) is 4.79 Å². The zero-order valence-corrected chi connectivity index (χ0v) is 8.89. The minimum Gasteiger partial charge on any atom is -0.397 e. The fraction of sp³-hybridized carbons (Fsp3) is 0.364. The molecule has 86 valence electrons. The summed E-state index contributed by atoms with van der Waals surface area (Å²) in [7, 11) is 0. The summed E-state index contributed by atoms with van der Waals surface area (Å²) in [5.74, 6) is -0.497. The van der Waals surface area contributed by atoms with Crippen LogP contribution in [0, 0.1) is 0 Å². The van der Waals surface area contributed by atoms with Gasteiger partial charge in [0.15, 0.2) is 0 Å². The maximum atomic E-state index is 11.3. The van der Waals surface area contributed by atoms with Crippen LogP contribution >= 0.6 is 0 Å². The smallest absolute Gasteiger partial charge is 0.250 e.